The number of carbonyl (C=O) groups excluding carboxylic acids is 1. The fraction of sp³-hybridized carbons (Fsp3) is 0. The van der Waals surface area contributed by atoms with Crippen LogP contribution in [0.2, 0.25) is 15.1 Å². The Kier molecular flexibility index (Phi) is 3.57. The molecule has 0 bridgehead atoms. The Morgan fingerprint density at radius 3 is 2.57 bits per heavy atom. The molecule has 0 atom stereocenters. The highest BCUT2D eigenvalue weighted by atomic mass is 35.5. The number of nitrogen functional groups attached to an aromatic ring is 1. The van der Waals surface area contributed by atoms with E-state index in [2.05, 4.69) is 4.98 Å². The Morgan fingerprint density at radius 1 is 1.10 bits per heavy atom. The average molecular weight is 340 g/mol. The van der Waals surface area contributed by atoms with Crippen LogP contribution in [0.3, 0.4) is 0 Å². The number of hydrogen-bond acceptors (Lipinski definition) is 2. The molecular weight excluding hydrogens is 331 g/mol. The maximum atomic E-state index is 12.7. The fourth-order valence-corrected chi connectivity index (χ4v) is 2.83. The largest absolute Gasteiger partial charge is 0.397 e. The van der Waals surface area contributed by atoms with Gasteiger partial charge in [-0.2, -0.15) is 0 Å². The number of aromatic amines is 1. The van der Waals surface area contributed by atoms with Crippen molar-refractivity contribution in [3.05, 3.63) is 62.7 Å². The lowest BCUT2D eigenvalue weighted by atomic mass is 10.0. The number of carbonyl (C=O) groups is 1. The number of hydrogen-bond donors (Lipinski definition) is 2. The second-order valence-electron chi connectivity index (χ2n) is 4.56. The molecule has 0 spiro atoms. The van der Waals surface area contributed by atoms with Crippen LogP contribution in [0, 0.1) is 0 Å². The molecule has 2 aromatic carbocycles. The van der Waals surface area contributed by atoms with Gasteiger partial charge in [-0.25, -0.2) is 0 Å². The lowest BCUT2D eigenvalue weighted by Crippen LogP contribution is -2.02. The highest BCUT2D eigenvalue weighted by Crippen LogP contribution is 2.32. The second-order valence-corrected chi connectivity index (χ2v) is 5.75. The van der Waals surface area contributed by atoms with Crippen molar-refractivity contribution in [3.63, 3.8) is 0 Å². The average Bonchev–Trinajstić information content (AvgIpc) is 2.89. The highest BCUT2D eigenvalue weighted by molar-refractivity contribution is 6.44. The Labute approximate surface area is 135 Å². The van der Waals surface area contributed by atoms with E-state index < -0.39 is 0 Å². The van der Waals surface area contributed by atoms with Crippen LogP contribution < -0.4 is 5.73 Å². The molecule has 0 saturated carbocycles. The molecule has 0 aliphatic carbocycles. The number of halogens is 3. The van der Waals surface area contributed by atoms with Crippen LogP contribution in [0.25, 0.3) is 10.9 Å². The minimum atomic E-state index is -0.223. The van der Waals surface area contributed by atoms with Crippen LogP contribution in [0.4, 0.5) is 5.69 Å². The molecule has 21 heavy (non-hydrogen) atoms. The molecule has 3 aromatic rings. The zero-order valence-corrected chi connectivity index (χ0v) is 12.9. The van der Waals surface area contributed by atoms with Gasteiger partial charge in [0.1, 0.15) is 0 Å². The summed E-state index contributed by atoms with van der Waals surface area (Å²) in [5.41, 5.74) is 7.64. The second kappa shape index (κ2) is 5.26. The molecule has 1 aromatic heterocycles. The van der Waals surface area contributed by atoms with Crippen LogP contribution in [0.15, 0.2) is 36.5 Å². The van der Waals surface area contributed by atoms with Gasteiger partial charge in [-0.3, -0.25) is 4.79 Å². The Bertz CT molecular complexity index is 847. The molecular formula is C15H9Cl3N2O. The van der Waals surface area contributed by atoms with E-state index in [9.17, 15) is 4.79 Å². The van der Waals surface area contributed by atoms with Crippen molar-refractivity contribution < 1.29 is 4.79 Å². The number of nitrogens with one attached hydrogen (secondary N) is 1. The minimum Gasteiger partial charge on any atom is -0.397 e. The lowest BCUT2D eigenvalue weighted by Gasteiger charge is -2.06. The van der Waals surface area contributed by atoms with Gasteiger partial charge >= 0.3 is 0 Å². The topological polar surface area (TPSA) is 58.9 Å². The summed E-state index contributed by atoms with van der Waals surface area (Å²) in [4.78, 5) is 15.7. The summed E-state index contributed by atoms with van der Waals surface area (Å²) in [5, 5.41) is 1.66. The van der Waals surface area contributed by atoms with Crippen LogP contribution >= 0.6 is 34.8 Å². The third-order valence-corrected chi connectivity index (χ3v) is 4.35. The monoisotopic (exact) mass is 338 g/mol. The van der Waals surface area contributed by atoms with Crippen molar-refractivity contribution in [2.45, 2.75) is 0 Å². The van der Waals surface area contributed by atoms with Crippen LogP contribution in [-0.2, 0) is 0 Å². The molecule has 0 unspecified atom stereocenters. The minimum absolute atomic E-state index is 0.223. The zero-order valence-electron chi connectivity index (χ0n) is 10.6. The summed E-state index contributed by atoms with van der Waals surface area (Å²) in [5.74, 6) is -0.223. The summed E-state index contributed by atoms with van der Waals surface area (Å²) in [6.07, 6.45) is 1.62. The first-order valence-electron chi connectivity index (χ1n) is 6.04. The van der Waals surface area contributed by atoms with Crippen molar-refractivity contribution in [2.24, 2.45) is 0 Å². The van der Waals surface area contributed by atoms with Crippen LogP contribution in [0.5, 0.6) is 0 Å². The molecule has 3 rings (SSSR count). The first-order chi connectivity index (χ1) is 9.99. The van der Waals surface area contributed by atoms with Gasteiger partial charge in [0, 0.05) is 28.2 Å². The molecule has 6 heteroatoms. The molecule has 0 amide bonds. The van der Waals surface area contributed by atoms with Gasteiger partial charge in [-0.15, -0.1) is 0 Å². The van der Waals surface area contributed by atoms with Gasteiger partial charge in [-0.1, -0.05) is 40.9 Å². The lowest BCUT2D eigenvalue weighted by molar-refractivity contribution is 0.104. The summed E-state index contributed by atoms with van der Waals surface area (Å²) in [6, 6.07) is 8.40. The molecule has 0 aliphatic heterocycles. The van der Waals surface area contributed by atoms with Crippen molar-refractivity contribution in [2.75, 3.05) is 5.73 Å². The zero-order chi connectivity index (χ0) is 15.1. The van der Waals surface area contributed by atoms with Crippen molar-refractivity contribution in [3.8, 4) is 0 Å². The predicted molar refractivity (Wildman–Crippen MR) is 87.6 cm³/mol. The summed E-state index contributed by atoms with van der Waals surface area (Å²) < 4.78 is 0. The number of benzene rings is 2. The van der Waals surface area contributed by atoms with Gasteiger partial charge in [0.2, 0.25) is 0 Å². The summed E-state index contributed by atoms with van der Waals surface area (Å²) >= 11 is 18.1. The number of fused-ring (bicyclic) bond motifs is 1. The molecule has 1 heterocycles. The number of anilines is 1. The van der Waals surface area contributed by atoms with E-state index in [1.165, 1.54) is 12.1 Å². The predicted octanol–water partition coefficient (Wildman–Crippen LogP) is 4.94. The number of nitrogens with two attached hydrogens (primary N) is 1. The maximum absolute atomic E-state index is 12.7. The van der Waals surface area contributed by atoms with E-state index in [1.807, 2.05) is 12.1 Å². The van der Waals surface area contributed by atoms with E-state index in [4.69, 9.17) is 40.5 Å². The molecule has 0 saturated heterocycles. The van der Waals surface area contributed by atoms with Gasteiger partial charge in [0.05, 0.1) is 20.8 Å². The van der Waals surface area contributed by atoms with Crippen molar-refractivity contribution >= 4 is 57.2 Å². The molecule has 0 radical (unpaired) electrons. The quantitative estimate of drug-likeness (QED) is 0.513. The number of H-pyrrole nitrogens is 1. The maximum Gasteiger partial charge on any atom is 0.195 e. The smallest absolute Gasteiger partial charge is 0.195 e. The third kappa shape index (κ3) is 2.38. The number of aromatic nitrogens is 1. The molecule has 3 nitrogen and oxygen atoms in total. The van der Waals surface area contributed by atoms with Crippen LogP contribution in [0.1, 0.15) is 15.9 Å². The van der Waals surface area contributed by atoms with Gasteiger partial charge in [-0.05, 0) is 24.3 Å². The first-order valence-corrected chi connectivity index (χ1v) is 7.17. The van der Waals surface area contributed by atoms with Crippen LogP contribution in [-0.4, -0.2) is 10.8 Å². The Balaban J connectivity index is 2.17. The van der Waals surface area contributed by atoms with E-state index in [0.29, 0.717) is 21.5 Å². The molecule has 106 valence electrons. The SMILES string of the molecule is Nc1cc(C(=O)c2c[nH]c3cccc(Cl)c23)cc(Cl)c1Cl. The molecule has 0 fully saturated rings. The summed E-state index contributed by atoms with van der Waals surface area (Å²) in [7, 11) is 0. The standard InChI is InChI=1S/C15H9Cl3N2O/c16-9-2-1-3-12-13(9)8(6-20-12)15(21)7-4-10(17)14(18)11(19)5-7/h1-6,20H,19H2. The Morgan fingerprint density at radius 2 is 1.86 bits per heavy atom. The first kappa shape index (κ1) is 14.3. The number of rotatable bonds is 2. The van der Waals surface area contributed by atoms with E-state index >= 15 is 0 Å². The van der Waals surface area contributed by atoms with E-state index in [-0.39, 0.29) is 21.5 Å². The van der Waals surface area contributed by atoms with Crippen molar-refractivity contribution in [1.29, 1.82) is 0 Å². The molecule has 0 aliphatic rings. The summed E-state index contributed by atoms with van der Waals surface area (Å²) in [6.45, 7) is 0. The van der Waals surface area contributed by atoms with Gasteiger partial charge in [0.25, 0.3) is 0 Å². The van der Waals surface area contributed by atoms with E-state index in [0.717, 1.165) is 5.52 Å². The van der Waals surface area contributed by atoms with Gasteiger partial charge in [0.15, 0.2) is 5.78 Å². The van der Waals surface area contributed by atoms with Crippen molar-refractivity contribution in [1.82, 2.24) is 4.98 Å². The van der Waals surface area contributed by atoms with Gasteiger partial charge < -0.3 is 10.7 Å². The fourth-order valence-electron chi connectivity index (χ4n) is 2.22. The Hall–Kier alpha value is -1.68. The molecule has 3 N–H and O–H groups in total. The number of ketones is 1. The third-order valence-electron chi connectivity index (χ3n) is 3.22. The highest BCUT2D eigenvalue weighted by Gasteiger charge is 2.18. The normalized spacial score (nSPS) is 11.0. The van der Waals surface area contributed by atoms with E-state index in [1.54, 1.807) is 12.3 Å².